The predicted octanol–water partition coefficient (Wildman–Crippen LogP) is 0.669. The summed E-state index contributed by atoms with van der Waals surface area (Å²) in [5.74, 6) is -5.66. The second-order valence-corrected chi connectivity index (χ2v) is 7.64. The normalized spacial score (nSPS) is 12.6. The topological polar surface area (TPSA) is 153 Å². The Bertz CT molecular complexity index is 923. The minimum atomic E-state index is -2.93. The maximum atomic E-state index is 12.7. The van der Waals surface area contributed by atoms with Crippen molar-refractivity contribution >= 4 is 28.7 Å². The number of nitrogens with zero attached hydrogens (tertiary/aromatic N) is 1. The molecule has 9 heteroatoms. The van der Waals surface area contributed by atoms with Crippen molar-refractivity contribution in [1.82, 2.24) is 10.2 Å². The number of amides is 3. The molecular weight excluding hydrogens is 390 g/mol. The summed E-state index contributed by atoms with van der Waals surface area (Å²) in [5, 5.41) is 33.4. The van der Waals surface area contributed by atoms with Crippen LogP contribution in [-0.2, 0) is 16.0 Å². The van der Waals surface area contributed by atoms with Crippen LogP contribution in [0.15, 0.2) is 42.5 Å². The molecule has 0 saturated heterocycles. The lowest BCUT2D eigenvalue weighted by molar-refractivity contribution is -0.185. The summed E-state index contributed by atoms with van der Waals surface area (Å²) in [6, 6.07) is 10.9. The van der Waals surface area contributed by atoms with Crippen LogP contribution >= 0.6 is 0 Å². The molecule has 0 aliphatic heterocycles. The van der Waals surface area contributed by atoms with Crippen LogP contribution in [0.2, 0.25) is 0 Å². The Balaban J connectivity index is 2.23. The molecule has 0 spiro atoms. The number of primary amides is 1. The van der Waals surface area contributed by atoms with E-state index < -0.39 is 36.3 Å². The van der Waals surface area contributed by atoms with Gasteiger partial charge < -0.3 is 31.3 Å². The van der Waals surface area contributed by atoms with Crippen molar-refractivity contribution in [3.05, 3.63) is 48.0 Å². The number of hydrogen-bond donors (Lipinski definition) is 5. The van der Waals surface area contributed by atoms with Gasteiger partial charge in [-0.2, -0.15) is 0 Å². The summed E-state index contributed by atoms with van der Waals surface area (Å²) < 4.78 is 0. The van der Waals surface area contributed by atoms with E-state index in [-0.39, 0.29) is 18.9 Å². The van der Waals surface area contributed by atoms with Crippen LogP contribution in [0.25, 0.3) is 10.8 Å². The summed E-state index contributed by atoms with van der Waals surface area (Å²) in [7, 11) is 0. The Morgan fingerprint density at radius 1 is 1.10 bits per heavy atom. The SMILES string of the molecule is CC(C)CN(CC(O)(O)C(N)=O)C(=O)N[C@@H](Cc1cccc2ccccc12)C(=O)O. The zero-order chi connectivity index (χ0) is 22.5. The van der Waals surface area contributed by atoms with E-state index in [0.717, 1.165) is 21.2 Å². The van der Waals surface area contributed by atoms with Crippen LogP contribution in [0.3, 0.4) is 0 Å². The first kappa shape index (κ1) is 23.1. The van der Waals surface area contributed by atoms with E-state index in [1.807, 2.05) is 36.4 Å². The Morgan fingerprint density at radius 3 is 2.33 bits per heavy atom. The lowest BCUT2D eigenvalue weighted by Crippen LogP contribution is -2.57. The van der Waals surface area contributed by atoms with E-state index in [0.29, 0.717) is 0 Å². The van der Waals surface area contributed by atoms with Gasteiger partial charge >= 0.3 is 12.0 Å². The number of aliphatic hydroxyl groups is 2. The standard InChI is InChI=1S/C21H27N3O6/c1-13(2)11-24(12-21(29,30)19(22)27)20(28)23-17(18(25)26)10-15-8-5-7-14-6-3-4-9-16(14)15/h3-9,13,17,29-30H,10-12H2,1-2H3,(H2,22,27)(H,23,28)(H,25,26)/t17-/m0/s1. The van der Waals surface area contributed by atoms with Gasteiger partial charge in [0.2, 0.25) is 0 Å². The molecule has 0 radical (unpaired) electrons. The number of aliphatic carboxylic acids is 1. The monoisotopic (exact) mass is 417 g/mol. The lowest BCUT2D eigenvalue weighted by atomic mass is 9.99. The summed E-state index contributed by atoms with van der Waals surface area (Å²) >= 11 is 0. The number of nitrogens with one attached hydrogen (secondary N) is 1. The molecule has 6 N–H and O–H groups in total. The number of carboxylic acids is 1. The van der Waals surface area contributed by atoms with Crippen LogP contribution in [0, 0.1) is 5.92 Å². The number of carbonyl (C=O) groups is 3. The van der Waals surface area contributed by atoms with Crippen LogP contribution < -0.4 is 11.1 Å². The molecule has 0 unspecified atom stereocenters. The number of benzene rings is 2. The van der Waals surface area contributed by atoms with Crippen molar-refractivity contribution in [2.75, 3.05) is 13.1 Å². The van der Waals surface area contributed by atoms with E-state index >= 15 is 0 Å². The zero-order valence-corrected chi connectivity index (χ0v) is 16.9. The van der Waals surface area contributed by atoms with Gasteiger partial charge in [-0.25, -0.2) is 9.59 Å². The molecule has 30 heavy (non-hydrogen) atoms. The quantitative estimate of drug-likeness (QED) is 0.378. The van der Waals surface area contributed by atoms with Gasteiger partial charge in [-0.05, 0) is 22.3 Å². The second-order valence-electron chi connectivity index (χ2n) is 7.64. The molecule has 0 aliphatic carbocycles. The summed E-state index contributed by atoms with van der Waals surface area (Å²) in [5.41, 5.74) is 5.71. The fourth-order valence-electron chi connectivity index (χ4n) is 3.13. The van der Waals surface area contributed by atoms with Crippen molar-refractivity contribution in [3.63, 3.8) is 0 Å². The Morgan fingerprint density at radius 2 is 1.73 bits per heavy atom. The number of rotatable bonds is 9. The lowest BCUT2D eigenvalue weighted by Gasteiger charge is -2.31. The molecule has 162 valence electrons. The first-order chi connectivity index (χ1) is 14.0. The minimum Gasteiger partial charge on any atom is -0.480 e. The molecule has 0 aromatic heterocycles. The van der Waals surface area contributed by atoms with Gasteiger partial charge in [0.25, 0.3) is 11.7 Å². The highest BCUT2D eigenvalue weighted by atomic mass is 16.5. The zero-order valence-electron chi connectivity index (χ0n) is 16.9. The Hall–Kier alpha value is -3.17. The van der Waals surface area contributed by atoms with E-state index in [4.69, 9.17) is 5.73 Å². The van der Waals surface area contributed by atoms with Crippen molar-refractivity contribution in [3.8, 4) is 0 Å². The van der Waals surface area contributed by atoms with Crippen molar-refractivity contribution < 1.29 is 29.7 Å². The number of carbonyl (C=O) groups excluding carboxylic acids is 2. The number of carboxylic acid groups (broad SMARTS) is 1. The van der Waals surface area contributed by atoms with Gasteiger partial charge in [0.15, 0.2) is 0 Å². The highest BCUT2D eigenvalue weighted by Crippen LogP contribution is 2.20. The maximum Gasteiger partial charge on any atom is 0.326 e. The van der Waals surface area contributed by atoms with E-state index in [1.54, 1.807) is 19.9 Å². The minimum absolute atomic E-state index is 0.0250. The van der Waals surface area contributed by atoms with E-state index in [2.05, 4.69) is 5.32 Å². The number of fused-ring (bicyclic) bond motifs is 1. The number of hydrogen-bond acceptors (Lipinski definition) is 5. The first-order valence-corrected chi connectivity index (χ1v) is 9.50. The van der Waals surface area contributed by atoms with Crippen LogP contribution in [0.1, 0.15) is 19.4 Å². The third-order valence-electron chi connectivity index (χ3n) is 4.58. The second kappa shape index (κ2) is 9.55. The van der Waals surface area contributed by atoms with Crippen LogP contribution in [-0.4, -0.2) is 63.0 Å². The van der Waals surface area contributed by atoms with Gasteiger partial charge in [-0.15, -0.1) is 0 Å². The molecule has 0 heterocycles. The average molecular weight is 417 g/mol. The summed E-state index contributed by atoms with van der Waals surface area (Å²) in [6.07, 6.45) is 0.0250. The van der Waals surface area contributed by atoms with E-state index in [9.17, 15) is 29.7 Å². The molecule has 0 bridgehead atoms. The maximum absolute atomic E-state index is 12.7. The van der Waals surface area contributed by atoms with Gasteiger partial charge in [-0.3, -0.25) is 4.79 Å². The van der Waals surface area contributed by atoms with Crippen LogP contribution in [0.4, 0.5) is 4.79 Å². The highest BCUT2D eigenvalue weighted by molar-refractivity contribution is 5.88. The first-order valence-electron chi connectivity index (χ1n) is 9.50. The molecule has 2 aromatic carbocycles. The number of urea groups is 1. The van der Waals surface area contributed by atoms with Gasteiger partial charge in [-0.1, -0.05) is 56.3 Å². The molecule has 9 nitrogen and oxygen atoms in total. The third-order valence-corrected chi connectivity index (χ3v) is 4.58. The fraction of sp³-hybridized carbons (Fsp3) is 0.381. The number of nitrogens with two attached hydrogens (primary N) is 1. The molecule has 0 aliphatic rings. The van der Waals surface area contributed by atoms with E-state index in [1.165, 1.54) is 0 Å². The van der Waals surface area contributed by atoms with Crippen molar-refractivity contribution in [1.29, 1.82) is 0 Å². The van der Waals surface area contributed by atoms with Gasteiger partial charge in [0.05, 0.1) is 6.54 Å². The van der Waals surface area contributed by atoms with Crippen LogP contribution in [0.5, 0.6) is 0 Å². The predicted molar refractivity (Wildman–Crippen MR) is 110 cm³/mol. The molecule has 0 saturated carbocycles. The smallest absolute Gasteiger partial charge is 0.326 e. The summed E-state index contributed by atoms with van der Waals surface area (Å²) in [6.45, 7) is 2.84. The molecular formula is C21H27N3O6. The van der Waals surface area contributed by atoms with Gasteiger partial charge in [0.1, 0.15) is 6.04 Å². The Kier molecular flexibility index (Phi) is 7.36. The molecule has 3 amide bonds. The molecule has 0 fully saturated rings. The third kappa shape index (κ3) is 5.91. The fourth-order valence-corrected chi connectivity index (χ4v) is 3.13. The van der Waals surface area contributed by atoms with Gasteiger partial charge in [0, 0.05) is 13.0 Å². The molecule has 2 rings (SSSR count). The molecule has 2 aromatic rings. The van der Waals surface area contributed by atoms with Crippen molar-refractivity contribution in [2.45, 2.75) is 32.1 Å². The highest BCUT2D eigenvalue weighted by Gasteiger charge is 2.36. The van der Waals surface area contributed by atoms with Crippen molar-refractivity contribution in [2.24, 2.45) is 11.7 Å². The average Bonchev–Trinajstić information content (AvgIpc) is 2.66. The summed E-state index contributed by atoms with van der Waals surface area (Å²) in [4.78, 5) is 36.7. The largest absolute Gasteiger partial charge is 0.480 e. The Labute approximate surface area is 174 Å². The molecule has 1 atom stereocenters.